The average Bonchev–Trinajstić information content (AvgIpc) is 2.56. The van der Waals surface area contributed by atoms with E-state index >= 15 is 0 Å². The van der Waals surface area contributed by atoms with Gasteiger partial charge < -0.3 is 10.2 Å². The van der Waals surface area contributed by atoms with Crippen molar-refractivity contribution in [1.82, 2.24) is 0 Å². The zero-order chi connectivity index (χ0) is 18.3. The molecule has 0 atom stereocenters. The molecule has 2 aromatic carbocycles. The molecule has 2 aromatic rings. The lowest BCUT2D eigenvalue weighted by Gasteiger charge is -2.37. The van der Waals surface area contributed by atoms with E-state index in [-0.39, 0.29) is 29.6 Å². The van der Waals surface area contributed by atoms with Crippen LogP contribution in [0.1, 0.15) is 11.1 Å². The van der Waals surface area contributed by atoms with Crippen molar-refractivity contribution in [1.29, 1.82) is 0 Å². The number of hydrogen-bond donors (Lipinski definition) is 2. The lowest BCUT2D eigenvalue weighted by Crippen LogP contribution is -2.23. The Morgan fingerprint density at radius 2 is 1.44 bits per heavy atom. The van der Waals surface area contributed by atoms with E-state index in [1.807, 2.05) is 37.3 Å². The van der Waals surface area contributed by atoms with Crippen molar-refractivity contribution in [2.75, 3.05) is 24.7 Å². The summed E-state index contributed by atoms with van der Waals surface area (Å²) in [6.45, 7) is 1.47. The number of aliphatic hydroxyl groups excluding tert-OH is 2. The fourth-order valence-electron chi connectivity index (χ4n) is 2.48. The molecule has 5 nitrogen and oxygen atoms in total. The Hall–Kier alpha value is -1.38. The molecule has 0 fully saturated rings. The van der Waals surface area contributed by atoms with Gasteiger partial charge in [-0.3, -0.25) is 0 Å². The molecule has 0 saturated carbocycles. The van der Waals surface area contributed by atoms with Crippen molar-refractivity contribution >= 4 is 20.4 Å². The van der Waals surface area contributed by atoms with E-state index in [2.05, 4.69) is 0 Å². The molecule has 0 amide bonds. The minimum absolute atomic E-state index is 0.0823. The summed E-state index contributed by atoms with van der Waals surface area (Å²) in [7, 11) is -6.24. The molecule has 0 spiro atoms. The smallest absolute Gasteiger partial charge is 0.306 e. The van der Waals surface area contributed by atoms with Gasteiger partial charge in [-0.1, -0.05) is 48.0 Å². The average molecular weight is 385 g/mol. The number of rotatable bonds is 9. The van der Waals surface area contributed by atoms with Gasteiger partial charge in [0.05, 0.1) is 18.1 Å². The van der Waals surface area contributed by atoms with E-state index in [0.29, 0.717) is 5.75 Å². The monoisotopic (exact) mass is 384 g/mol. The highest BCUT2D eigenvalue weighted by Crippen LogP contribution is 2.53. The summed E-state index contributed by atoms with van der Waals surface area (Å²) < 4.78 is 31.1. The zero-order valence-corrected chi connectivity index (χ0v) is 15.8. The van der Waals surface area contributed by atoms with Gasteiger partial charge in [-0.2, -0.15) is 8.42 Å². The molecule has 0 radical (unpaired) electrons. The topological polar surface area (TPSA) is 83.8 Å². The first kappa shape index (κ1) is 19.9. The van der Waals surface area contributed by atoms with Crippen LogP contribution in [0.25, 0.3) is 0 Å². The molecule has 0 unspecified atom stereocenters. The molecule has 2 rings (SSSR count). The minimum Gasteiger partial charge on any atom is -0.395 e. The van der Waals surface area contributed by atoms with Crippen LogP contribution in [0.4, 0.5) is 0 Å². The number of aryl methyl sites for hydroxylation is 1. The van der Waals surface area contributed by atoms with Gasteiger partial charge in [0.15, 0.2) is 0 Å². The molecule has 0 aliphatic rings. The summed E-state index contributed by atoms with van der Waals surface area (Å²) in [6.07, 6.45) is 0. The first-order valence-electron chi connectivity index (χ1n) is 7.95. The third kappa shape index (κ3) is 5.55. The maximum absolute atomic E-state index is 12.7. The van der Waals surface area contributed by atoms with Gasteiger partial charge in [0.1, 0.15) is 0 Å². The quantitative estimate of drug-likeness (QED) is 0.694. The van der Waals surface area contributed by atoms with Gasteiger partial charge in [0, 0.05) is 17.3 Å². The largest absolute Gasteiger partial charge is 0.395 e. The van der Waals surface area contributed by atoms with Gasteiger partial charge in [0.25, 0.3) is 0 Å². The van der Waals surface area contributed by atoms with Gasteiger partial charge in [-0.15, -0.1) is 10.3 Å². The predicted molar refractivity (Wildman–Crippen MR) is 101 cm³/mol. The maximum Gasteiger partial charge on any atom is 0.306 e. The Morgan fingerprint density at radius 1 is 0.880 bits per heavy atom. The van der Waals surface area contributed by atoms with Crippen LogP contribution >= 0.6 is 10.3 Å². The molecular formula is C18H24O5S2. The number of benzene rings is 2. The van der Waals surface area contributed by atoms with Crippen LogP contribution in [0.5, 0.6) is 0 Å². The highest BCUT2D eigenvalue weighted by Gasteiger charge is 2.32. The molecule has 138 valence electrons. The van der Waals surface area contributed by atoms with Gasteiger partial charge >= 0.3 is 10.1 Å². The molecule has 2 N–H and O–H groups in total. The van der Waals surface area contributed by atoms with E-state index in [1.165, 1.54) is 12.1 Å². The molecule has 0 aliphatic carbocycles. The molecule has 0 bridgehead atoms. The third-order valence-electron chi connectivity index (χ3n) is 3.74. The standard InChI is InChI=1S/C18H24O5S2/c1-16-7-9-18(10-8-16)25(21,22)23-24(13-11-19,14-12-20)15-17-5-3-2-4-6-17/h2-10,19-20H,11-15H2,1H3. The van der Waals surface area contributed by atoms with Crippen molar-refractivity contribution in [2.45, 2.75) is 17.6 Å². The normalized spacial score (nSPS) is 12.9. The van der Waals surface area contributed by atoms with Gasteiger partial charge in [-0.05, 0) is 24.6 Å². The Kier molecular flexibility index (Phi) is 7.04. The van der Waals surface area contributed by atoms with E-state index in [9.17, 15) is 18.6 Å². The molecule has 0 aromatic heterocycles. The second kappa shape index (κ2) is 8.82. The molecular weight excluding hydrogens is 360 g/mol. The number of aliphatic hydroxyl groups is 2. The van der Waals surface area contributed by atoms with Crippen molar-refractivity contribution in [3.8, 4) is 0 Å². The first-order chi connectivity index (χ1) is 11.9. The predicted octanol–water partition coefficient (Wildman–Crippen LogP) is 2.60. The Labute approximate surface area is 150 Å². The summed E-state index contributed by atoms with van der Waals surface area (Å²) in [4.78, 5) is 0.0823. The first-order valence-corrected chi connectivity index (χ1v) is 11.4. The summed E-state index contributed by atoms with van der Waals surface area (Å²) in [5, 5.41) is 18.9. The summed E-state index contributed by atoms with van der Waals surface area (Å²) in [5.74, 6) is 0.737. The molecule has 0 aliphatic heterocycles. The van der Waals surface area contributed by atoms with E-state index < -0.39 is 20.4 Å². The summed E-state index contributed by atoms with van der Waals surface area (Å²) in [6, 6.07) is 15.8. The minimum atomic E-state index is -3.98. The van der Waals surface area contributed by atoms with Crippen LogP contribution in [0.2, 0.25) is 0 Å². The van der Waals surface area contributed by atoms with Crippen LogP contribution in [0.3, 0.4) is 0 Å². The van der Waals surface area contributed by atoms with Gasteiger partial charge in [0.2, 0.25) is 0 Å². The van der Waals surface area contributed by atoms with Crippen molar-refractivity contribution in [3.05, 3.63) is 65.7 Å². The summed E-state index contributed by atoms with van der Waals surface area (Å²) in [5.41, 5.74) is 1.87. The third-order valence-corrected chi connectivity index (χ3v) is 9.18. The van der Waals surface area contributed by atoms with Crippen LogP contribution in [0, 0.1) is 6.92 Å². The highest BCUT2D eigenvalue weighted by atomic mass is 32.3. The SMILES string of the molecule is Cc1ccc(S(=O)(=O)OS(CCO)(CCO)Cc2ccccc2)cc1. The van der Waals surface area contributed by atoms with Gasteiger partial charge in [-0.25, -0.2) is 3.63 Å². The molecule has 0 saturated heterocycles. The van der Waals surface area contributed by atoms with Crippen molar-refractivity contribution in [2.24, 2.45) is 0 Å². The van der Waals surface area contributed by atoms with Crippen LogP contribution in [0.15, 0.2) is 59.5 Å². The van der Waals surface area contributed by atoms with Crippen LogP contribution in [-0.2, 0) is 19.5 Å². The van der Waals surface area contributed by atoms with Crippen LogP contribution in [-0.4, -0.2) is 43.4 Å². The maximum atomic E-state index is 12.7. The molecule has 25 heavy (non-hydrogen) atoms. The number of hydrogen-bond acceptors (Lipinski definition) is 5. The fraction of sp³-hybridized carbons (Fsp3) is 0.333. The van der Waals surface area contributed by atoms with Crippen molar-refractivity contribution < 1.29 is 22.3 Å². The van der Waals surface area contributed by atoms with E-state index in [4.69, 9.17) is 3.63 Å². The molecule has 0 heterocycles. The highest BCUT2D eigenvalue weighted by molar-refractivity contribution is 8.32. The Balaban J connectivity index is 2.35. The van der Waals surface area contributed by atoms with E-state index in [1.54, 1.807) is 12.1 Å². The Morgan fingerprint density at radius 3 is 1.96 bits per heavy atom. The fourth-order valence-corrected chi connectivity index (χ4v) is 7.48. The lowest BCUT2D eigenvalue weighted by atomic mass is 10.2. The van der Waals surface area contributed by atoms with Crippen LogP contribution < -0.4 is 0 Å². The van der Waals surface area contributed by atoms with Crippen molar-refractivity contribution in [3.63, 3.8) is 0 Å². The Bertz CT molecular complexity index is 752. The lowest BCUT2D eigenvalue weighted by molar-refractivity contribution is 0.312. The summed E-state index contributed by atoms with van der Waals surface area (Å²) >= 11 is 0. The second-order valence-electron chi connectivity index (χ2n) is 5.79. The second-order valence-corrected chi connectivity index (χ2v) is 10.7. The zero-order valence-electron chi connectivity index (χ0n) is 14.2. The van der Waals surface area contributed by atoms with E-state index in [0.717, 1.165) is 11.1 Å². The molecule has 7 heteroatoms.